The highest BCUT2D eigenvalue weighted by molar-refractivity contribution is 14.1. The third-order valence-corrected chi connectivity index (χ3v) is 6.21. The number of amides is 2. The van der Waals surface area contributed by atoms with Gasteiger partial charge in [-0.15, -0.1) is 5.10 Å². The van der Waals surface area contributed by atoms with Gasteiger partial charge in [0.05, 0.1) is 16.1 Å². The lowest BCUT2D eigenvalue weighted by Gasteiger charge is -2.20. The van der Waals surface area contributed by atoms with Crippen molar-refractivity contribution in [2.24, 2.45) is 5.73 Å². The van der Waals surface area contributed by atoms with E-state index in [2.05, 4.69) is 10.4 Å². The van der Waals surface area contributed by atoms with Gasteiger partial charge in [0, 0.05) is 45.5 Å². The molecule has 0 saturated carbocycles. The number of nitrogens with one attached hydrogen (secondary N) is 1. The molecule has 9 nitrogen and oxygen atoms in total. The number of hydrogen-bond donors (Lipinski definition) is 2. The number of aromatic nitrogens is 3. The number of benzene rings is 2. The number of ether oxygens (including phenoxy) is 1. The van der Waals surface area contributed by atoms with Crippen molar-refractivity contribution in [3.63, 3.8) is 0 Å². The molecule has 1 atom stereocenters. The first-order chi connectivity index (χ1) is 17.4. The summed E-state index contributed by atoms with van der Waals surface area (Å²) in [5, 5.41) is 7.45. The van der Waals surface area contributed by atoms with Gasteiger partial charge < -0.3 is 15.8 Å². The van der Waals surface area contributed by atoms with E-state index < -0.39 is 34.2 Å². The SMILES string of the molecule is NC(=O)OCC(NC(=O)Cn1nc(-c2ccc(Cl)cc2)n(/C=C/C(F)(F)I)c1=O)c1cccc(Cl)c1Cl. The lowest BCUT2D eigenvalue weighted by molar-refractivity contribution is -0.123. The maximum atomic E-state index is 13.4. The van der Waals surface area contributed by atoms with E-state index in [0.29, 0.717) is 22.2 Å². The van der Waals surface area contributed by atoms with Crippen LogP contribution in [-0.2, 0) is 16.1 Å². The molecule has 0 aliphatic rings. The van der Waals surface area contributed by atoms with Crippen LogP contribution in [0.2, 0.25) is 15.1 Å². The predicted octanol–water partition coefficient (Wildman–Crippen LogP) is 5.12. The highest BCUT2D eigenvalue weighted by Crippen LogP contribution is 2.30. The number of allylic oxidation sites excluding steroid dienone is 1. The summed E-state index contributed by atoms with van der Waals surface area (Å²) in [7, 11) is 0. The Kier molecular flexibility index (Phi) is 9.56. The number of carbonyl (C=O) groups is 2. The summed E-state index contributed by atoms with van der Waals surface area (Å²) in [6.07, 6.45) is 0.299. The minimum absolute atomic E-state index is 0.00198. The van der Waals surface area contributed by atoms with Gasteiger partial charge in [-0.3, -0.25) is 4.79 Å². The molecule has 37 heavy (non-hydrogen) atoms. The van der Waals surface area contributed by atoms with Crippen LogP contribution in [0.4, 0.5) is 13.6 Å². The first-order valence-electron chi connectivity index (χ1n) is 10.2. The number of carbonyl (C=O) groups excluding carboxylic acids is 2. The van der Waals surface area contributed by atoms with Gasteiger partial charge in [0.25, 0.3) is 0 Å². The van der Waals surface area contributed by atoms with E-state index >= 15 is 0 Å². The third-order valence-electron chi connectivity index (χ3n) is 4.76. The molecule has 0 fully saturated rings. The Hall–Kier alpha value is -2.68. The first kappa shape index (κ1) is 28.9. The van der Waals surface area contributed by atoms with Gasteiger partial charge in [-0.05, 0) is 35.9 Å². The highest BCUT2D eigenvalue weighted by Gasteiger charge is 2.23. The number of rotatable bonds is 9. The van der Waals surface area contributed by atoms with Crippen molar-refractivity contribution in [2.45, 2.75) is 16.5 Å². The van der Waals surface area contributed by atoms with Crippen LogP contribution in [0, 0.1) is 0 Å². The molecule has 2 amide bonds. The quantitative estimate of drug-likeness (QED) is 0.239. The van der Waals surface area contributed by atoms with E-state index in [-0.39, 0.29) is 22.5 Å². The molecular formula is C22H17Cl3F2IN5O4. The van der Waals surface area contributed by atoms with Gasteiger partial charge in [0.2, 0.25) is 5.91 Å². The zero-order valence-electron chi connectivity index (χ0n) is 18.5. The molecule has 1 aromatic heterocycles. The molecule has 0 radical (unpaired) electrons. The van der Waals surface area contributed by atoms with Crippen molar-refractivity contribution >= 4 is 75.6 Å². The molecule has 2 aromatic carbocycles. The summed E-state index contributed by atoms with van der Waals surface area (Å²) < 4.78 is 30.2. The van der Waals surface area contributed by atoms with Crippen molar-refractivity contribution in [3.8, 4) is 11.4 Å². The normalized spacial score (nSPS) is 12.5. The maximum Gasteiger partial charge on any atom is 0.404 e. The van der Waals surface area contributed by atoms with E-state index in [1.165, 1.54) is 18.2 Å². The molecule has 0 saturated heterocycles. The van der Waals surface area contributed by atoms with Crippen molar-refractivity contribution in [1.29, 1.82) is 0 Å². The molecule has 3 aromatic rings. The van der Waals surface area contributed by atoms with Crippen LogP contribution in [0.15, 0.2) is 53.3 Å². The van der Waals surface area contributed by atoms with Crippen LogP contribution in [0.5, 0.6) is 0 Å². The van der Waals surface area contributed by atoms with Gasteiger partial charge >= 0.3 is 15.7 Å². The monoisotopic (exact) mass is 685 g/mol. The molecule has 0 spiro atoms. The van der Waals surface area contributed by atoms with E-state index in [1.807, 2.05) is 0 Å². The number of primary amides is 1. The number of halogens is 6. The van der Waals surface area contributed by atoms with Crippen LogP contribution in [0.25, 0.3) is 17.6 Å². The Bertz CT molecular complexity index is 1390. The van der Waals surface area contributed by atoms with E-state index in [4.69, 9.17) is 45.3 Å². The highest BCUT2D eigenvalue weighted by atomic mass is 127. The minimum Gasteiger partial charge on any atom is -0.447 e. The van der Waals surface area contributed by atoms with Crippen molar-refractivity contribution in [2.75, 3.05) is 6.61 Å². The zero-order valence-corrected chi connectivity index (χ0v) is 22.9. The van der Waals surface area contributed by atoms with Crippen molar-refractivity contribution < 1.29 is 23.1 Å². The fourth-order valence-electron chi connectivity index (χ4n) is 3.15. The molecule has 1 heterocycles. The van der Waals surface area contributed by atoms with Gasteiger partial charge in [0.15, 0.2) is 5.82 Å². The second-order valence-corrected chi connectivity index (χ2v) is 10.1. The summed E-state index contributed by atoms with van der Waals surface area (Å²) in [6.45, 7) is -0.986. The van der Waals surface area contributed by atoms with Gasteiger partial charge in [-0.25, -0.2) is 18.8 Å². The van der Waals surface area contributed by atoms with Crippen molar-refractivity contribution in [3.05, 3.63) is 79.7 Å². The summed E-state index contributed by atoms with van der Waals surface area (Å²) in [5.74, 6) is -0.732. The molecule has 15 heteroatoms. The molecular weight excluding hydrogens is 670 g/mol. The smallest absolute Gasteiger partial charge is 0.404 e. The van der Waals surface area contributed by atoms with Crippen LogP contribution < -0.4 is 16.7 Å². The molecule has 0 aliphatic carbocycles. The Morgan fingerprint density at radius 1 is 1.19 bits per heavy atom. The number of nitrogens with two attached hydrogens (primary N) is 1. The molecule has 3 N–H and O–H groups in total. The average molecular weight is 687 g/mol. The fraction of sp³-hybridized carbons (Fsp3) is 0.182. The molecule has 0 bridgehead atoms. The summed E-state index contributed by atoms with van der Waals surface area (Å²) in [6, 6.07) is 9.83. The maximum absolute atomic E-state index is 13.4. The lowest BCUT2D eigenvalue weighted by Crippen LogP contribution is -2.37. The van der Waals surface area contributed by atoms with Crippen LogP contribution in [0.3, 0.4) is 0 Å². The third kappa shape index (κ3) is 7.90. The van der Waals surface area contributed by atoms with Crippen LogP contribution in [0.1, 0.15) is 11.6 Å². The van der Waals surface area contributed by atoms with Crippen molar-refractivity contribution in [1.82, 2.24) is 19.7 Å². The van der Waals surface area contributed by atoms with E-state index in [0.717, 1.165) is 38.0 Å². The number of hydrogen-bond acceptors (Lipinski definition) is 5. The van der Waals surface area contributed by atoms with Gasteiger partial charge in [-0.2, -0.15) is 8.78 Å². The van der Waals surface area contributed by atoms with Gasteiger partial charge in [-0.1, -0.05) is 46.9 Å². The van der Waals surface area contributed by atoms with E-state index in [1.54, 1.807) is 24.3 Å². The molecule has 1 unspecified atom stereocenters. The van der Waals surface area contributed by atoms with Crippen LogP contribution in [-0.4, -0.2) is 36.9 Å². The largest absolute Gasteiger partial charge is 0.447 e. The Labute approximate surface area is 237 Å². The fourth-order valence-corrected chi connectivity index (χ4v) is 3.88. The predicted molar refractivity (Wildman–Crippen MR) is 144 cm³/mol. The second-order valence-electron chi connectivity index (χ2n) is 7.39. The lowest BCUT2D eigenvalue weighted by atomic mass is 10.1. The summed E-state index contributed by atoms with van der Waals surface area (Å²) in [4.78, 5) is 37.0. The molecule has 0 aliphatic heterocycles. The van der Waals surface area contributed by atoms with Gasteiger partial charge in [0.1, 0.15) is 13.2 Å². The Morgan fingerprint density at radius 2 is 1.86 bits per heavy atom. The Balaban J connectivity index is 1.94. The second kappa shape index (κ2) is 12.2. The summed E-state index contributed by atoms with van der Waals surface area (Å²) >= 11 is 19.1. The van der Waals surface area contributed by atoms with E-state index in [9.17, 15) is 23.2 Å². The zero-order chi connectivity index (χ0) is 27.3. The average Bonchev–Trinajstić information content (AvgIpc) is 3.12. The molecule has 3 rings (SSSR count). The molecule has 196 valence electrons. The minimum atomic E-state index is -3.24. The summed E-state index contributed by atoms with van der Waals surface area (Å²) in [5.41, 5.74) is 4.90. The first-order valence-corrected chi connectivity index (χ1v) is 12.4. The van der Waals surface area contributed by atoms with Crippen LogP contribution >= 0.6 is 57.4 Å². The Morgan fingerprint density at radius 3 is 2.49 bits per heavy atom. The topological polar surface area (TPSA) is 121 Å². The number of alkyl halides is 3. The standard InChI is InChI=1S/C22H17Cl3F2IN5O4/c23-13-6-4-12(5-7-13)19-31-33(21(36)32(19)9-8-22(26,27)28)10-17(34)30-16(11-37-20(29)35)14-2-1-3-15(24)18(14)25/h1-9,16H,10-11H2,(H2,29,35)(H,30,34)/b9-8+. The number of nitrogens with zero attached hydrogens (tertiary/aromatic N) is 3.